The number of anilines is 1. The molecule has 0 spiro atoms. The lowest BCUT2D eigenvalue weighted by Gasteiger charge is -1.99. The van der Waals surface area contributed by atoms with Crippen molar-refractivity contribution < 1.29 is 0 Å². The first-order valence-electron chi connectivity index (χ1n) is 5.01. The first kappa shape index (κ1) is 11.0. The fraction of sp³-hybridized carbons (Fsp3) is 0.0909. The van der Waals surface area contributed by atoms with E-state index in [0.29, 0.717) is 11.6 Å². The van der Waals surface area contributed by atoms with E-state index in [2.05, 4.69) is 25.5 Å². The molecule has 2 rings (SSSR count). The molecule has 2 aromatic heterocycles. The minimum absolute atomic E-state index is 0.209. The van der Waals surface area contributed by atoms with Gasteiger partial charge in [-0.1, -0.05) is 0 Å². The number of rotatable bonds is 3. The van der Waals surface area contributed by atoms with Crippen molar-refractivity contribution in [2.24, 2.45) is 5.10 Å². The van der Waals surface area contributed by atoms with Gasteiger partial charge in [-0.15, -0.1) is 0 Å². The average Bonchev–Trinajstić information content (AvgIpc) is 2.29. The summed E-state index contributed by atoms with van der Waals surface area (Å²) in [6, 6.07) is 5.05. The highest BCUT2D eigenvalue weighted by molar-refractivity contribution is 5.79. The van der Waals surface area contributed by atoms with Crippen LogP contribution in [0.4, 0.5) is 5.95 Å². The van der Waals surface area contributed by atoms with E-state index in [1.54, 1.807) is 25.5 Å². The zero-order valence-electron chi connectivity index (χ0n) is 9.21. The number of pyridine rings is 1. The summed E-state index contributed by atoms with van der Waals surface area (Å²) in [5.41, 5.74) is 3.99. The van der Waals surface area contributed by atoms with E-state index < -0.39 is 0 Å². The Labute approximate surface area is 97.5 Å². The van der Waals surface area contributed by atoms with Gasteiger partial charge in [0, 0.05) is 24.2 Å². The molecule has 6 heteroatoms. The number of nitrogens with one attached hydrogen (secondary N) is 2. The Morgan fingerprint density at radius 2 is 2.18 bits per heavy atom. The van der Waals surface area contributed by atoms with Gasteiger partial charge in [0.05, 0.1) is 6.21 Å². The van der Waals surface area contributed by atoms with E-state index in [1.165, 1.54) is 6.07 Å². The third-order valence-electron chi connectivity index (χ3n) is 1.96. The lowest BCUT2D eigenvalue weighted by Crippen LogP contribution is -2.10. The van der Waals surface area contributed by atoms with Crippen LogP contribution < -0.4 is 11.0 Å². The second-order valence-electron chi connectivity index (χ2n) is 3.39. The monoisotopic (exact) mass is 229 g/mol. The van der Waals surface area contributed by atoms with Gasteiger partial charge in [-0.2, -0.15) is 5.10 Å². The van der Waals surface area contributed by atoms with Gasteiger partial charge in [0.2, 0.25) is 5.95 Å². The third-order valence-corrected chi connectivity index (χ3v) is 1.96. The molecule has 17 heavy (non-hydrogen) atoms. The van der Waals surface area contributed by atoms with Crippen LogP contribution in [0.5, 0.6) is 0 Å². The minimum atomic E-state index is -0.209. The van der Waals surface area contributed by atoms with E-state index in [1.807, 2.05) is 12.1 Å². The molecule has 0 saturated carbocycles. The second-order valence-corrected chi connectivity index (χ2v) is 3.39. The normalized spacial score (nSPS) is 10.6. The summed E-state index contributed by atoms with van der Waals surface area (Å²) in [5, 5.41) is 3.96. The maximum atomic E-state index is 11.1. The molecule has 0 aromatic carbocycles. The second kappa shape index (κ2) is 5.02. The largest absolute Gasteiger partial charge is 0.291 e. The van der Waals surface area contributed by atoms with Crippen molar-refractivity contribution in [3.8, 4) is 0 Å². The summed E-state index contributed by atoms with van der Waals surface area (Å²) in [6.45, 7) is 1.74. The highest BCUT2D eigenvalue weighted by atomic mass is 16.1. The Hall–Kier alpha value is -2.50. The molecular weight excluding hydrogens is 218 g/mol. The van der Waals surface area contributed by atoms with Gasteiger partial charge in [-0.05, 0) is 24.6 Å². The molecule has 86 valence electrons. The number of H-pyrrole nitrogens is 1. The van der Waals surface area contributed by atoms with Crippen molar-refractivity contribution in [1.82, 2.24) is 15.0 Å². The highest BCUT2D eigenvalue weighted by Crippen LogP contribution is 1.96. The van der Waals surface area contributed by atoms with Crippen LogP contribution in [-0.2, 0) is 0 Å². The van der Waals surface area contributed by atoms with Crippen LogP contribution in [0.15, 0.2) is 40.5 Å². The minimum Gasteiger partial charge on any atom is -0.291 e. The lowest BCUT2D eigenvalue weighted by molar-refractivity contribution is 1.04. The summed E-state index contributed by atoms with van der Waals surface area (Å²) < 4.78 is 0. The fourth-order valence-corrected chi connectivity index (χ4v) is 1.25. The summed E-state index contributed by atoms with van der Waals surface area (Å²) >= 11 is 0. The van der Waals surface area contributed by atoms with Crippen LogP contribution in [0.3, 0.4) is 0 Å². The number of hydrogen-bond donors (Lipinski definition) is 2. The highest BCUT2D eigenvalue weighted by Gasteiger charge is 1.94. The first-order valence-corrected chi connectivity index (χ1v) is 5.01. The summed E-state index contributed by atoms with van der Waals surface area (Å²) in [7, 11) is 0. The van der Waals surface area contributed by atoms with Gasteiger partial charge in [0.15, 0.2) is 0 Å². The molecule has 2 N–H and O–H groups in total. The molecule has 2 aromatic rings. The van der Waals surface area contributed by atoms with Crippen molar-refractivity contribution in [3.63, 3.8) is 0 Å². The molecule has 0 atom stereocenters. The Morgan fingerprint density at radius 1 is 1.41 bits per heavy atom. The zero-order valence-corrected chi connectivity index (χ0v) is 9.21. The summed E-state index contributed by atoms with van der Waals surface area (Å²) in [4.78, 5) is 21.6. The summed E-state index contributed by atoms with van der Waals surface area (Å²) in [6.07, 6.45) is 4.96. The van der Waals surface area contributed by atoms with Crippen LogP contribution in [-0.4, -0.2) is 21.2 Å². The number of nitrogens with zero attached hydrogens (tertiary/aromatic N) is 3. The molecule has 0 unspecified atom stereocenters. The van der Waals surface area contributed by atoms with E-state index in [0.717, 1.165) is 5.56 Å². The van der Waals surface area contributed by atoms with Crippen molar-refractivity contribution >= 4 is 12.2 Å². The molecule has 0 aliphatic heterocycles. The van der Waals surface area contributed by atoms with Crippen LogP contribution in [0.2, 0.25) is 0 Å². The first-order chi connectivity index (χ1) is 8.24. The number of hydrogen-bond acceptors (Lipinski definition) is 5. The van der Waals surface area contributed by atoms with Crippen LogP contribution in [0.25, 0.3) is 0 Å². The molecule has 6 nitrogen and oxygen atoms in total. The Kier molecular flexibility index (Phi) is 3.25. The van der Waals surface area contributed by atoms with E-state index in [4.69, 9.17) is 0 Å². The quantitative estimate of drug-likeness (QED) is 0.605. The van der Waals surface area contributed by atoms with E-state index in [-0.39, 0.29) is 5.56 Å². The molecular formula is C11H11N5O. The van der Waals surface area contributed by atoms with Gasteiger partial charge in [-0.3, -0.25) is 14.8 Å². The standard InChI is InChI=1S/C11H11N5O/c1-8-6-10(17)15-11(14-8)16-13-7-9-2-4-12-5-3-9/h2-7H,1H3,(H2,14,15,16,17)/b13-7+. The Balaban J connectivity index is 2.07. The average molecular weight is 229 g/mol. The van der Waals surface area contributed by atoms with Gasteiger partial charge in [-0.25, -0.2) is 10.4 Å². The molecule has 0 saturated heterocycles. The number of hydrazone groups is 1. The van der Waals surface area contributed by atoms with E-state index in [9.17, 15) is 4.79 Å². The summed E-state index contributed by atoms with van der Waals surface area (Å²) in [5.74, 6) is 0.320. The third kappa shape index (κ3) is 3.23. The maximum absolute atomic E-state index is 11.1. The van der Waals surface area contributed by atoms with Crippen molar-refractivity contribution in [1.29, 1.82) is 0 Å². The van der Waals surface area contributed by atoms with Crippen molar-refractivity contribution in [3.05, 3.63) is 52.2 Å². The topological polar surface area (TPSA) is 83.0 Å². The smallest absolute Gasteiger partial charge is 0.252 e. The molecule has 0 bridgehead atoms. The fourth-order valence-electron chi connectivity index (χ4n) is 1.25. The molecule has 0 amide bonds. The predicted molar refractivity (Wildman–Crippen MR) is 65.0 cm³/mol. The molecule has 0 aliphatic rings. The number of aryl methyl sites for hydroxylation is 1. The molecule has 0 fully saturated rings. The van der Waals surface area contributed by atoms with Crippen LogP contribution in [0, 0.1) is 6.92 Å². The Morgan fingerprint density at radius 3 is 2.88 bits per heavy atom. The zero-order chi connectivity index (χ0) is 12.1. The van der Waals surface area contributed by atoms with Gasteiger partial charge < -0.3 is 0 Å². The molecule has 0 radical (unpaired) electrons. The Bertz CT molecular complexity index is 576. The maximum Gasteiger partial charge on any atom is 0.252 e. The SMILES string of the molecule is Cc1cc(=O)[nH]c(N/N=C/c2ccncc2)n1. The van der Waals surface area contributed by atoms with Crippen LogP contribution >= 0.6 is 0 Å². The van der Waals surface area contributed by atoms with Crippen molar-refractivity contribution in [2.75, 3.05) is 5.43 Å². The number of aromatic amines is 1. The lowest BCUT2D eigenvalue weighted by atomic mass is 10.3. The van der Waals surface area contributed by atoms with Crippen molar-refractivity contribution in [2.45, 2.75) is 6.92 Å². The predicted octanol–water partition coefficient (Wildman–Crippen LogP) is 0.919. The molecule has 0 aliphatic carbocycles. The number of aromatic nitrogens is 3. The van der Waals surface area contributed by atoms with Gasteiger partial charge >= 0.3 is 0 Å². The van der Waals surface area contributed by atoms with E-state index >= 15 is 0 Å². The molecule has 2 heterocycles. The van der Waals surface area contributed by atoms with Gasteiger partial charge in [0.25, 0.3) is 5.56 Å². The van der Waals surface area contributed by atoms with Gasteiger partial charge in [0.1, 0.15) is 0 Å². The van der Waals surface area contributed by atoms with Crippen LogP contribution in [0.1, 0.15) is 11.3 Å².